The minimum Gasteiger partial charge on any atom is -0.309 e. The second-order valence-electron chi connectivity index (χ2n) is 15.3. The van der Waals surface area contributed by atoms with E-state index in [1.54, 1.807) is 0 Å². The van der Waals surface area contributed by atoms with Crippen molar-refractivity contribution in [3.63, 3.8) is 0 Å². The molecule has 2 heteroatoms. The van der Waals surface area contributed by atoms with Crippen LogP contribution in [0.1, 0.15) is 0 Å². The van der Waals surface area contributed by atoms with Gasteiger partial charge in [-0.15, -0.1) is 11.3 Å². The van der Waals surface area contributed by atoms with Gasteiger partial charge >= 0.3 is 0 Å². The number of hydrogen-bond acceptors (Lipinski definition) is 2. The number of thiophene rings is 1. The molecule has 0 aliphatic heterocycles. The standard InChI is InChI=1S/C58H39NS/c1-2-14-40(15-3-1)41-28-30-44(31-29-41)51-21-6-9-25-55(51)59(48-35-32-42(33-36-48)45-34-37-54-53-23-8-11-27-57(53)60-58(54)39-45)56-26-10-7-22-52(56)47-19-12-18-46(38-47)50-24-13-17-43-16-4-5-20-49(43)50/h1-39H. The van der Waals surface area contributed by atoms with Gasteiger partial charge in [-0.3, -0.25) is 0 Å². The molecule has 0 aliphatic carbocycles. The number of para-hydroxylation sites is 2. The molecule has 0 bridgehead atoms. The highest BCUT2D eigenvalue weighted by Crippen LogP contribution is 2.46. The van der Waals surface area contributed by atoms with Crippen LogP contribution in [0.4, 0.5) is 17.1 Å². The van der Waals surface area contributed by atoms with Crippen LogP contribution in [-0.4, -0.2) is 0 Å². The molecule has 0 radical (unpaired) electrons. The van der Waals surface area contributed by atoms with Gasteiger partial charge in [0.1, 0.15) is 0 Å². The van der Waals surface area contributed by atoms with Crippen LogP contribution in [0.25, 0.3) is 86.6 Å². The molecule has 0 unspecified atom stereocenters. The van der Waals surface area contributed by atoms with Gasteiger partial charge in [0.15, 0.2) is 0 Å². The van der Waals surface area contributed by atoms with Crippen molar-refractivity contribution in [3.8, 4) is 55.6 Å². The van der Waals surface area contributed by atoms with Crippen LogP contribution in [0.2, 0.25) is 0 Å². The van der Waals surface area contributed by atoms with Crippen LogP contribution >= 0.6 is 11.3 Å². The Bertz CT molecular complexity index is 3300. The van der Waals surface area contributed by atoms with Crippen molar-refractivity contribution in [3.05, 3.63) is 237 Å². The molecule has 0 atom stereocenters. The van der Waals surface area contributed by atoms with E-state index in [4.69, 9.17) is 0 Å². The number of nitrogens with zero attached hydrogens (tertiary/aromatic N) is 1. The summed E-state index contributed by atoms with van der Waals surface area (Å²) in [7, 11) is 0. The summed E-state index contributed by atoms with van der Waals surface area (Å²) in [6.07, 6.45) is 0. The van der Waals surface area contributed by atoms with Crippen molar-refractivity contribution in [2.75, 3.05) is 4.90 Å². The Morgan fingerprint density at radius 1 is 0.267 bits per heavy atom. The summed E-state index contributed by atoms with van der Waals surface area (Å²) in [5, 5.41) is 5.14. The van der Waals surface area contributed by atoms with Gasteiger partial charge in [-0.1, -0.05) is 194 Å². The van der Waals surface area contributed by atoms with Crippen molar-refractivity contribution >= 4 is 59.3 Å². The van der Waals surface area contributed by atoms with E-state index in [0.29, 0.717) is 0 Å². The highest BCUT2D eigenvalue weighted by Gasteiger charge is 2.21. The molecular formula is C58H39NS. The molecule has 11 rings (SSSR count). The molecule has 11 aromatic rings. The molecule has 0 N–H and O–H groups in total. The first-order valence-electron chi connectivity index (χ1n) is 20.5. The minimum absolute atomic E-state index is 1.09. The molecule has 282 valence electrons. The molecule has 0 spiro atoms. The lowest BCUT2D eigenvalue weighted by atomic mass is 9.94. The quantitative estimate of drug-likeness (QED) is 0.148. The Hall–Kier alpha value is -7.52. The van der Waals surface area contributed by atoms with Crippen molar-refractivity contribution in [1.82, 2.24) is 0 Å². The van der Waals surface area contributed by atoms with Crippen molar-refractivity contribution < 1.29 is 0 Å². The monoisotopic (exact) mass is 781 g/mol. The molecule has 0 fully saturated rings. The Balaban J connectivity index is 1.05. The number of anilines is 3. The first-order valence-corrected chi connectivity index (χ1v) is 21.3. The Morgan fingerprint density at radius 2 is 0.750 bits per heavy atom. The van der Waals surface area contributed by atoms with E-state index in [9.17, 15) is 0 Å². The van der Waals surface area contributed by atoms with Crippen LogP contribution < -0.4 is 4.90 Å². The normalized spacial score (nSPS) is 11.3. The third kappa shape index (κ3) is 6.54. The fourth-order valence-electron chi connectivity index (χ4n) is 8.75. The zero-order chi connectivity index (χ0) is 39.8. The zero-order valence-corrected chi connectivity index (χ0v) is 33.7. The van der Waals surface area contributed by atoms with E-state index >= 15 is 0 Å². The maximum absolute atomic E-state index is 2.44. The summed E-state index contributed by atoms with van der Waals surface area (Å²) in [6, 6.07) is 86.2. The van der Waals surface area contributed by atoms with Crippen molar-refractivity contribution in [2.24, 2.45) is 0 Å². The topological polar surface area (TPSA) is 3.24 Å². The molecule has 1 heterocycles. The average Bonchev–Trinajstić information content (AvgIpc) is 3.70. The molecule has 1 aromatic heterocycles. The summed E-state index contributed by atoms with van der Waals surface area (Å²) in [5.74, 6) is 0. The molecule has 0 aliphatic rings. The van der Waals surface area contributed by atoms with Crippen LogP contribution in [-0.2, 0) is 0 Å². The van der Waals surface area contributed by atoms with Gasteiger partial charge < -0.3 is 4.90 Å². The van der Waals surface area contributed by atoms with Crippen LogP contribution in [0.15, 0.2) is 237 Å². The Labute approximate surface area is 354 Å². The predicted octanol–water partition coefficient (Wildman–Crippen LogP) is 17.0. The maximum Gasteiger partial charge on any atom is 0.0540 e. The third-order valence-corrected chi connectivity index (χ3v) is 12.8. The molecule has 0 saturated carbocycles. The van der Waals surface area contributed by atoms with E-state index in [1.807, 2.05) is 11.3 Å². The summed E-state index contributed by atoms with van der Waals surface area (Å²) >= 11 is 1.86. The summed E-state index contributed by atoms with van der Waals surface area (Å²) in [6.45, 7) is 0. The second-order valence-corrected chi connectivity index (χ2v) is 16.4. The van der Waals surface area contributed by atoms with Crippen LogP contribution in [0.3, 0.4) is 0 Å². The summed E-state index contributed by atoms with van der Waals surface area (Å²) in [5.41, 5.74) is 15.2. The predicted molar refractivity (Wildman–Crippen MR) is 259 cm³/mol. The molecule has 60 heavy (non-hydrogen) atoms. The Morgan fingerprint density at radius 3 is 1.53 bits per heavy atom. The van der Waals surface area contributed by atoms with Gasteiger partial charge in [0.2, 0.25) is 0 Å². The number of benzene rings is 10. The number of fused-ring (bicyclic) bond motifs is 4. The van der Waals surface area contributed by atoms with Crippen LogP contribution in [0, 0.1) is 0 Å². The molecule has 0 amide bonds. The minimum atomic E-state index is 1.09. The Kier molecular flexibility index (Phi) is 9.11. The van der Waals surface area contributed by atoms with E-state index in [0.717, 1.165) is 28.2 Å². The fourth-order valence-corrected chi connectivity index (χ4v) is 9.89. The first-order chi connectivity index (χ1) is 29.7. The molecule has 1 nitrogen and oxygen atoms in total. The summed E-state index contributed by atoms with van der Waals surface area (Å²) < 4.78 is 2.64. The second kappa shape index (κ2) is 15.3. The van der Waals surface area contributed by atoms with E-state index < -0.39 is 0 Å². The molecule has 10 aromatic carbocycles. The van der Waals surface area contributed by atoms with Crippen LogP contribution in [0.5, 0.6) is 0 Å². The smallest absolute Gasteiger partial charge is 0.0540 e. The highest BCUT2D eigenvalue weighted by atomic mass is 32.1. The lowest BCUT2D eigenvalue weighted by Crippen LogP contribution is -2.12. The number of hydrogen-bond donors (Lipinski definition) is 0. The van der Waals surface area contributed by atoms with E-state index in [2.05, 4.69) is 241 Å². The van der Waals surface area contributed by atoms with Gasteiger partial charge in [-0.25, -0.2) is 0 Å². The molecule has 0 saturated heterocycles. The lowest BCUT2D eigenvalue weighted by Gasteiger charge is -2.30. The van der Waals surface area contributed by atoms with Crippen molar-refractivity contribution in [2.45, 2.75) is 0 Å². The van der Waals surface area contributed by atoms with Crippen molar-refractivity contribution in [1.29, 1.82) is 0 Å². The number of rotatable bonds is 8. The van der Waals surface area contributed by atoms with E-state index in [-0.39, 0.29) is 0 Å². The zero-order valence-electron chi connectivity index (χ0n) is 32.9. The van der Waals surface area contributed by atoms with Gasteiger partial charge in [-0.05, 0) is 97.7 Å². The maximum atomic E-state index is 2.44. The van der Waals surface area contributed by atoms with Gasteiger partial charge in [0.25, 0.3) is 0 Å². The lowest BCUT2D eigenvalue weighted by molar-refractivity contribution is 1.28. The summed E-state index contributed by atoms with van der Waals surface area (Å²) in [4.78, 5) is 2.44. The van der Waals surface area contributed by atoms with Gasteiger partial charge in [0.05, 0.1) is 11.4 Å². The van der Waals surface area contributed by atoms with Gasteiger partial charge in [0, 0.05) is 37.0 Å². The van der Waals surface area contributed by atoms with E-state index in [1.165, 1.54) is 75.5 Å². The third-order valence-electron chi connectivity index (χ3n) is 11.7. The fraction of sp³-hybridized carbons (Fsp3) is 0. The largest absolute Gasteiger partial charge is 0.309 e. The highest BCUT2D eigenvalue weighted by molar-refractivity contribution is 7.25. The van der Waals surface area contributed by atoms with Gasteiger partial charge in [-0.2, -0.15) is 0 Å². The average molecular weight is 782 g/mol. The SMILES string of the molecule is c1ccc(-c2ccc(-c3ccccc3N(c3ccc(-c4ccc5c(c4)sc4ccccc45)cc3)c3ccccc3-c3cccc(-c4cccc5ccccc45)c3)cc2)cc1. The molecular weight excluding hydrogens is 743 g/mol. The first kappa shape index (κ1) is 35.6.